The lowest BCUT2D eigenvalue weighted by atomic mass is 10.2. The Labute approximate surface area is 131 Å². The number of halogens is 1. The van der Waals surface area contributed by atoms with Gasteiger partial charge in [0.1, 0.15) is 6.42 Å². The predicted molar refractivity (Wildman–Crippen MR) is 82.6 cm³/mol. The Kier molecular flexibility index (Phi) is 5.00. The first-order valence-electron chi connectivity index (χ1n) is 6.40. The van der Waals surface area contributed by atoms with Crippen LogP contribution in [0, 0.1) is 0 Å². The maximum atomic E-state index is 11.8. The molecule has 2 amide bonds. The molecule has 8 heteroatoms. The highest BCUT2D eigenvalue weighted by Gasteiger charge is 2.29. The van der Waals surface area contributed by atoms with E-state index >= 15 is 0 Å². The zero-order chi connectivity index (χ0) is 15.5. The van der Waals surface area contributed by atoms with Gasteiger partial charge in [-0.2, -0.15) is 0 Å². The number of sulfone groups is 1. The van der Waals surface area contributed by atoms with Gasteiger partial charge >= 0.3 is 0 Å². The van der Waals surface area contributed by atoms with Crippen LogP contribution in [0.4, 0.5) is 5.69 Å². The van der Waals surface area contributed by atoms with Crippen LogP contribution in [-0.4, -0.2) is 37.8 Å². The van der Waals surface area contributed by atoms with Crippen molar-refractivity contribution >= 4 is 43.3 Å². The second kappa shape index (κ2) is 6.57. The molecule has 21 heavy (non-hydrogen) atoms. The Bertz CT molecular complexity index is 660. The smallest absolute Gasteiger partial charge is 0.233 e. The number of carbonyl (C=O) groups is 2. The lowest BCUT2D eigenvalue weighted by Gasteiger charge is -2.11. The van der Waals surface area contributed by atoms with Gasteiger partial charge in [-0.1, -0.05) is 12.1 Å². The van der Waals surface area contributed by atoms with Gasteiger partial charge in [-0.05, 0) is 34.5 Å². The van der Waals surface area contributed by atoms with E-state index in [1.807, 2.05) is 6.07 Å². The lowest BCUT2D eigenvalue weighted by Crippen LogP contribution is -2.37. The van der Waals surface area contributed by atoms with Gasteiger partial charge in [0, 0.05) is 10.5 Å². The summed E-state index contributed by atoms with van der Waals surface area (Å²) in [6.45, 7) is 0. The number of anilines is 1. The number of carbonyl (C=O) groups excluding carboxylic acids is 2. The second-order valence-electron chi connectivity index (χ2n) is 4.87. The van der Waals surface area contributed by atoms with Crippen molar-refractivity contribution in [3.63, 3.8) is 0 Å². The topological polar surface area (TPSA) is 92.3 Å². The average Bonchev–Trinajstić information content (AvgIpc) is 2.71. The number of benzene rings is 1. The van der Waals surface area contributed by atoms with Crippen LogP contribution in [-0.2, 0) is 19.4 Å². The van der Waals surface area contributed by atoms with E-state index in [4.69, 9.17) is 0 Å². The van der Waals surface area contributed by atoms with Crippen LogP contribution >= 0.6 is 15.9 Å². The lowest BCUT2D eigenvalue weighted by molar-refractivity contribution is -0.127. The van der Waals surface area contributed by atoms with Gasteiger partial charge in [-0.15, -0.1) is 0 Å². The first kappa shape index (κ1) is 16.0. The highest BCUT2D eigenvalue weighted by molar-refractivity contribution is 9.10. The molecule has 1 aliphatic rings. The maximum absolute atomic E-state index is 11.8. The molecular weight excluding hydrogens is 360 g/mol. The molecule has 1 heterocycles. The molecule has 1 aliphatic heterocycles. The third-order valence-corrected chi connectivity index (χ3v) is 5.53. The van der Waals surface area contributed by atoms with Gasteiger partial charge in [0.2, 0.25) is 11.8 Å². The van der Waals surface area contributed by atoms with E-state index < -0.39 is 27.7 Å². The van der Waals surface area contributed by atoms with E-state index in [2.05, 4.69) is 26.6 Å². The molecule has 0 spiro atoms. The molecule has 1 unspecified atom stereocenters. The Morgan fingerprint density at radius 2 is 1.95 bits per heavy atom. The largest absolute Gasteiger partial charge is 0.352 e. The summed E-state index contributed by atoms with van der Waals surface area (Å²) in [7, 11) is -3.05. The second-order valence-corrected chi connectivity index (χ2v) is 7.96. The van der Waals surface area contributed by atoms with Crippen molar-refractivity contribution in [3.8, 4) is 0 Å². The van der Waals surface area contributed by atoms with Crippen molar-refractivity contribution in [3.05, 3.63) is 28.7 Å². The third-order valence-electron chi connectivity index (χ3n) is 3.07. The van der Waals surface area contributed by atoms with Crippen LogP contribution < -0.4 is 10.6 Å². The molecule has 1 aromatic carbocycles. The molecule has 0 saturated carbocycles. The van der Waals surface area contributed by atoms with Gasteiger partial charge in [0.05, 0.1) is 17.2 Å². The quantitative estimate of drug-likeness (QED) is 0.771. The minimum Gasteiger partial charge on any atom is -0.352 e. The van der Waals surface area contributed by atoms with Crippen LogP contribution in [0.15, 0.2) is 28.7 Å². The normalized spacial score (nSPS) is 20.0. The van der Waals surface area contributed by atoms with Gasteiger partial charge in [-0.3, -0.25) is 9.59 Å². The number of nitrogens with one attached hydrogen (secondary N) is 2. The van der Waals surface area contributed by atoms with Crippen molar-refractivity contribution in [1.29, 1.82) is 0 Å². The monoisotopic (exact) mass is 374 g/mol. The van der Waals surface area contributed by atoms with Crippen molar-refractivity contribution in [2.24, 2.45) is 0 Å². The Hall–Kier alpha value is -1.41. The van der Waals surface area contributed by atoms with Crippen LogP contribution in [0.3, 0.4) is 0 Å². The molecule has 1 saturated heterocycles. The summed E-state index contributed by atoms with van der Waals surface area (Å²) in [6.07, 6.45) is 0.0673. The van der Waals surface area contributed by atoms with Gasteiger partial charge in [0.15, 0.2) is 9.84 Å². The molecule has 114 valence electrons. The first-order chi connectivity index (χ1) is 9.85. The number of hydrogen-bond donors (Lipinski definition) is 2. The molecule has 6 nitrogen and oxygen atoms in total. The summed E-state index contributed by atoms with van der Waals surface area (Å²) in [5, 5.41) is 5.19. The Morgan fingerprint density at radius 1 is 1.24 bits per heavy atom. The fourth-order valence-electron chi connectivity index (χ4n) is 2.09. The molecule has 2 N–H and O–H groups in total. The Balaban J connectivity index is 1.83. The van der Waals surface area contributed by atoms with Crippen LogP contribution in [0.25, 0.3) is 0 Å². The van der Waals surface area contributed by atoms with Gasteiger partial charge in [-0.25, -0.2) is 8.42 Å². The average molecular weight is 375 g/mol. The van der Waals surface area contributed by atoms with E-state index in [1.165, 1.54) is 0 Å². The van der Waals surface area contributed by atoms with Crippen LogP contribution in [0.2, 0.25) is 0 Å². The SMILES string of the molecule is O=C(CC(=O)NC1CCS(=O)(=O)C1)Nc1ccccc1Br. The standard InChI is InChI=1S/C13H15BrN2O4S/c14-10-3-1-2-4-11(10)16-13(18)7-12(17)15-9-5-6-21(19,20)8-9/h1-4,9H,5-8H2,(H,15,17)(H,16,18). The molecule has 0 aromatic heterocycles. The molecule has 2 rings (SSSR count). The van der Waals surface area contributed by atoms with Crippen molar-refractivity contribution in [1.82, 2.24) is 5.32 Å². The molecule has 1 aromatic rings. The summed E-state index contributed by atoms with van der Waals surface area (Å²) >= 11 is 3.29. The fraction of sp³-hybridized carbons (Fsp3) is 0.385. The Morgan fingerprint density at radius 3 is 2.57 bits per heavy atom. The zero-order valence-corrected chi connectivity index (χ0v) is 13.5. The number of rotatable bonds is 4. The van der Waals surface area contributed by atoms with Gasteiger partial charge < -0.3 is 10.6 Å². The van der Waals surface area contributed by atoms with E-state index in [0.29, 0.717) is 12.1 Å². The molecule has 0 bridgehead atoms. The number of hydrogen-bond acceptors (Lipinski definition) is 4. The van der Waals surface area contributed by atoms with Crippen molar-refractivity contribution in [2.75, 3.05) is 16.8 Å². The van der Waals surface area contributed by atoms with Crippen molar-refractivity contribution < 1.29 is 18.0 Å². The first-order valence-corrected chi connectivity index (χ1v) is 9.01. The number of para-hydroxylation sites is 1. The zero-order valence-electron chi connectivity index (χ0n) is 11.1. The highest BCUT2D eigenvalue weighted by Crippen LogP contribution is 2.21. The molecule has 1 fully saturated rings. The molecular formula is C13H15BrN2O4S. The predicted octanol–water partition coefficient (Wildman–Crippen LogP) is 1.08. The fourth-order valence-corrected chi connectivity index (χ4v) is 4.15. The van der Waals surface area contributed by atoms with Gasteiger partial charge in [0.25, 0.3) is 0 Å². The summed E-state index contributed by atoms with van der Waals surface area (Å²) in [5.41, 5.74) is 0.582. The number of amides is 2. The minimum atomic E-state index is -3.05. The van der Waals surface area contributed by atoms with Crippen LogP contribution in [0.5, 0.6) is 0 Å². The highest BCUT2D eigenvalue weighted by atomic mass is 79.9. The summed E-state index contributed by atoms with van der Waals surface area (Å²) < 4.78 is 23.3. The molecule has 0 aliphatic carbocycles. The minimum absolute atomic E-state index is 0.0510. The van der Waals surface area contributed by atoms with E-state index in [1.54, 1.807) is 18.2 Å². The van der Waals surface area contributed by atoms with E-state index in [0.717, 1.165) is 4.47 Å². The molecule has 1 atom stereocenters. The summed E-state index contributed by atoms with van der Waals surface area (Å²) in [5.74, 6) is -0.881. The third kappa shape index (κ3) is 4.82. The maximum Gasteiger partial charge on any atom is 0.233 e. The van der Waals surface area contributed by atoms with Crippen molar-refractivity contribution in [2.45, 2.75) is 18.9 Å². The van der Waals surface area contributed by atoms with E-state index in [9.17, 15) is 18.0 Å². The van der Waals surface area contributed by atoms with E-state index in [-0.39, 0.29) is 17.9 Å². The summed E-state index contributed by atoms with van der Waals surface area (Å²) in [4.78, 5) is 23.5. The molecule has 0 radical (unpaired) electrons. The summed E-state index contributed by atoms with van der Waals surface area (Å²) in [6, 6.07) is 6.68. The van der Waals surface area contributed by atoms with Crippen LogP contribution in [0.1, 0.15) is 12.8 Å².